The highest BCUT2D eigenvalue weighted by molar-refractivity contribution is 6.02. The number of aromatic amines is 1. The van der Waals surface area contributed by atoms with Crippen LogP contribution in [0.3, 0.4) is 0 Å². The first-order chi connectivity index (χ1) is 16.4. The number of carbonyl (C=O) groups excluding carboxylic acids is 2. The number of rotatable bonds is 5. The maximum atomic E-state index is 14.3. The number of hydrogen-bond donors (Lipinski definition) is 3. The van der Waals surface area contributed by atoms with E-state index in [0.29, 0.717) is 17.8 Å². The van der Waals surface area contributed by atoms with E-state index in [-0.39, 0.29) is 29.3 Å². The average Bonchev–Trinajstić information content (AvgIpc) is 3.25. The van der Waals surface area contributed by atoms with Crippen LogP contribution in [0.4, 0.5) is 14.5 Å². The third-order valence-corrected chi connectivity index (χ3v) is 6.43. The lowest BCUT2D eigenvalue weighted by Crippen LogP contribution is -2.45. The Morgan fingerprint density at radius 1 is 1.26 bits per heavy atom. The number of carbonyl (C=O) groups is 2. The largest absolute Gasteiger partial charge is 0.337 e. The number of aliphatic imine (C=N–C) groups is 1. The van der Waals surface area contributed by atoms with Gasteiger partial charge in [-0.05, 0) is 46.6 Å². The Labute approximate surface area is 193 Å². The zero-order valence-corrected chi connectivity index (χ0v) is 18.5. The number of benzene rings is 2. The Bertz CT molecular complexity index is 1320. The normalized spacial score (nSPS) is 23.1. The topological polar surface area (TPSA) is 112 Å². The SMILES string of the molecule is CN=Cc1cccc(Cc2nc(C(=O)N[C@@H]3C(=O)Nc4c(F)cc(F)cc4[C@@H]4[C@H](C)[C@@H]43)n[nH]2)c1. The molecule has 34 heavy (non-hydrogen) atoms. The monoisotopic (exact) mass is 464 g/mol. The van der Waals surface area contributed by atoms with Crippen molar-refractivity contribution in [3.05, 3.63) is 76.4 Å². The number of hydrogen-bond acceptors (Lipinski definition) is 5. The Morgan fingerprint density at radius 2 is 2.09 bits per heavy atom. The third kappa shape index (κ3) is 3.95. The van der Waals surface area contributed by atoms with Gasteiger partial charge in [-0.15, -0.1) is 5.10 Å². The number of amides is 2. The molecular formula is C24H22F2N6O2. The van der Waals surface area contributed by atoms with Crippen molar-refractivity contribution in [3.8, 4) is 0 Å². The van der Waals surface area contributed by atoms with Gasteiger partial charge < -0.3 is 10.6 Å². The quantitative estimate of drug-likeness (QED) is 0.504. The smallest absolute Gasteiger partial charge is 0.291 e. The summed E-state index contributed by atoms with van der Waals surface area (Å²) in [5, 5.41) is 11.9. The summed E-state index contributed by atoms with van der Waals surface area (Å²) >= 11 is 0. The van der Waals surface area contributed by atoms with Crippen LogP contribution in [0.25, 0.3) is 0 Å². The standard InChI is InChI=1S/C24H22F2N6O2/c1-11-18-15-8-14(25)9-16(26)20(15)29-23(33)21(19(11)18)30-24(34)22-28-17(31-32-22)7-12-4-3-5-13(6-12)10-27-2/h3-6,8-11,18-19,21H,7H2,1-2H3,(H,29,33)(H,30,34)(H,28,31,32)/t11-,18-,19-,21-/m0/s1. The fraction of sp³-hybridized carbons (Fsp3) is 0.292. The van der Waals surface area contributed by atoms with E-state index in [1.807, 2.05) is 31.2 Å². The lowest BCUT2D eigenvalue weighted by Gasteiger charge is -2.17. The molecule has 1 aliphatic heterocycles. The van der Waals surface area contributed by atoms with Gasteiger partial charge >= 0.3 is 0 Å². The molecule has 2 aliphatic rings. The first-order valence-electron chi connectivity index (χ1n) is 10.9. The summed E-state index contributed by atoms with van der Waals surface area (Å²) in [6, 6.07) is 8.78. The number of fused-ring (bicyclic) bond motifs is 3. The molecule has 1 aliphatic carbocycles. The molecule has 5 rings (SSSR count). The molecule has 1 saturated carbocycles. The van der Waals surface area contributed by atoms with Gasteiger partial charge in [-0.3, -0.25) is 19.7 Å². The Hall–Kier alpha value is -3.95. The van der Waals surface area contributed by atoms with E-state index in [9.17, 15) is 18.4 Å². The van der Waals surface area contributed by atoms with Crippen LogP contribution in [0.2, 0.25) is 0 Å². The summed E-state index contributed by atoms with van der Waals surface area (Å²) in [4.78, 5) is 34.0. The Morgan fingerprint density at radius 3 is 2.88 bits per heavy atom. The zero-order valence-electron chi connectivity index (χ0n) is 18.5. The van der Waals surface area contributed by atoms with Crippen LogP contribution in [0, 0.1) is 23.5 Å². The minimum atomic E-state index is -0.922. The summed E-state index contributed by atoms with van der Waals surface area (Å²) < 4.78 is 28.1. The van der Waals surface area contributed by atoms with Crippen molar-refractivity contribution in [1.29, 1.82) is 0 Å². The molecule has 1 fully saturated rings. The van der Waals surface area contributed by atoms with Gasteiger partial charge in [0.2, 0.25) is 11.7 Å². The minimum Gasteiger partial charge on any atom is -0.337 e. The summed E-state index contributed by atoms with van der Waals surface area (Å²) in [5.74, 6) is -2.88. The van der Waals surface area contributed by atoms with Crippen molar-refractivity contribution in [2.45, 2.75) is 25.3 Å². The van der Waals surface area contributed by atoms with Gasteiger partial charge in [0.05, 0.1) is 5.69 Å². The molecule has 1 aromatic heterocycles. The molecule has 174 valence electrons. The van der Waals surface area contributed by atoms with E-state index >= 15 is 0 Å². The second kappa shape index (κ2) is 8.44. The van der Waals surface area contributed by atoms with Crippen LogP contribution >= 0.6 is 0 Å². The number of anilines is 1. The van der Waals surface area contributed by atoms with E-state index < -0.39 is 29.5 Å². The predicted molar refractivity (Wildman–Crippen MR) is 121 cm³/mol. The number of nitrogens with one attached hydrogen (secondary N) is 3. The minimum absolute atomic E-state index is 0.0296. The number of nitrogens with zero attached hydrogens (tertiary/aromatic N) is 3. The number of H-pyrrole nitrogens is 1. The fourth-order valence-corrected chi connectivity index (χ4v) is 4.83. The van der Waals surface area contributed by atoms with Gasteiger partial charge in [0.25, 0.3) is 5.91 Å². The lowest BCUT2D eigenvalue weighted by atomic mass is 10.0. The van der Waals surface area contributed by atoms with Crippen molar-refractivity contribution < 1.29 is 18.4 Å². The molecule has 0 saturated heterocycles. The van der Waals surface area contributed by atoms with Crippen LogP contribution in [0.5, 0.6) is 0 Å². The maximum Gasteiger partial charge on any atom is 0.291 e. The molecule has 2 aromatic carbocycles. The van der Waals surface area contributed by atoms with Crippen LogP contribution in [0.15, 0.2) is 41.4 Å². The van der Waals surface area contributed by atoms with Gasteiger partial charge in [-0.25, -0.2) is 13.8 Å². The molecule has 4 atom stereocenters. The van der Waals surface area contributed by atoms with E-state index in [4.69, 9.17) is 0 Å². The van der Waals surface area contributed by atoms with Crippen LogP contribution in [0.1, 0.15) is 46.0 Å². The fourth-order valence-electron chi connectivity index (χ4n) is 4.83. The molecule has 0 spiro atoms. The molecule has 0 bridgehead atoms. The van der Waals surface area contributed by atoms with Crippen molar-refractivity contribution >= 4 is 23.7 Å². The van der Waals surface area contributed by atoms with Gasteiger partial charge in [0, 0.05) is 25.7 Å². The van der Waals surface area contributed by atoms with Gasteiger partial charge in [-0.1, -0.05) is 25.1 Å². The van der Waals surface area contributed by atoms with Crippen molar-refractivity contribution in [1.82, 2.24) is 20.5 Å². The molecule has 2 heterocycles. The first kappa shape index (κ1) is 21.9. The average molecular weight is 464 g/mol. The zero-order chi connectivity index (χ0) is 24.0. The van der Waals surface area contributed by atoms with Crippen LogP contribution in [-0.2, 0) is 11.2 Å². The van der Waals surface area contributed by atoms with E-state index in [2.05, 4.69) is 30.8 Å². The highest BCUT2D eigenvalue weighted by atomic mass is 19.1. The van der Waals surface area contributed by atoms with Gasteiger partial charge in [-0.2, -0.15) is 0 Å². The van der Waals surface area contributed by atoms with Crippen molar-refractivity contribution in [2.24, 2.45) is 16.8 Å². The number of halogens is 2. The maximum absolute atomic E-state index is 14.3. The summed E-state index contributed by atoms with van der Waals surface area (Å²) in [5.41, 5.74) is 2.29. The molecule has 0 radical (unpaired) electrons. The highest BCUT2D eigenvalue weighted by Gasteiger charge is 2.57. The molecule has 10 heteroatoms. The predicted octanol–water partition coefficient (Wildman–Crippen LogP) is 2.82. The first-order valence-corrected chi connectivity index (χ1v) is 10.9. The van der Waals surface area contributed by atoms with Crippen molar-refractivity contribution in [3.63, 3.8) is 0 Å². The van der Waals surface area contributed by atoms with Crippen LogP contribution < -0.4 is 10.6 Å². The van der Waals surface area contributed by atoms with E-state index in [0.717, 1.165) is 17.2 Å². The Balaban J connectivity index is 1.32. The second-order valence-electron chi connectivity index (χ2n) is 8.67. The second-order valence-corrected chi connectivity index (χ2v) is 8.67. The molecule has 0 unspecified atom stereocenters. The Kier molecular flexibility index (Phi) is 5.43. The molecule has 3 aromatic rings. The lowest BCUT2D eigenvalue weighted by molar-refractivity contribution is -0.118. The third-order valence-electron chi connectivity index (χ3n) is 6.43. The molecule has 3 N–H and O–H groups in total. The molecule has 8 nitrogen and oxygen atoms in total. The number of aromatic nitrogens is 3. The van der Waals surface area contributed by atoms with Gasteiger partial charge in [0.1, 0.15) is 23.5 Å². The summed E-state index contributed by atoms with van der Waals surface area (Å²) in [7, 11) is 1.70. The van der Waals surface area contributed by atoms with Gasteiger partial charge in [0.15, 0.2) is 0 Å². The summed E-state index contributed by atoms with van der Waals surface area (Å²) in [6.45, 7) is 1.89. The highest BCUT2D eigenvalue weighted by Crippen LogP contribution is 2.59. The van der Waals surface area contributed by atoms with E-state index in [1.54, 1.807) is 13.3 Å². The van der Waals surface area contributed by atoms with Crippen LogP contribution in [-0.4, -0.2) is 46.3 Å². The van der Waals surface area contributed by atoms with Crippen molar-refractivity contribution in [2.75, 3.05) is 12.4 Å². The van der Waals surface area contributed by atoms with E-state index in [1.165, 1.54) is 6.07 Å². The molecular weight excluding hydrogens is 442 g/mol. The molecule has 2 amide bonds. The summed E-state index contributed by atoms with van der Waals surface area (Å²) in [6.07, 6.45) is 2.17.